The molecule has 0 spiro atoms. The zero-order chi connectivity index (χ0) is 14.9. The molecule has 0 radical (unpaired) electrons. The quantitative estimate of drug-likeness (QED) is 0.934. The van der Waals surface area contributed by atoms with Gasteiger partial charge in [0.05, 0.1) is 11.6 Å². The summed E-state index contributed by atoms with van der Waals surface area (Å²) in [6.45, 7) is 7.89. The molecule has 1 fully saturated rings. The van der Waals surface area contributed by atoms with Crippen molar-refractivity contribution in [3.8, 4) is 0 Å². The van der Waals surface area contributed by atoms with Crippen molar-refractivity contribution in [3.63, 3.8) is 0 Å². The number of anilines is 1. The van der Waals surface area contributed by atoms with Gasteiger partial charge >= 0.3 is 6.01 Å². The lowest BCUT2D eigenvalue weighted by atomic mass is 9.98. The predicted octanol–water partition coefficient (Wildman–Crippen LogP) is 3.29. The van der Waals surface area contributed by atoms with Gasteiger partial charge in [-0.1, -0.05) is 25.9 Å². The molecule has 2 aromatic rings. The maximum Gasteiger partial charge on any atom is 0.315 e. The Morgan fingerprint density at radius 3 is 2.90 bits per heavy atom. The van der Waals surface area contributed by atoms with Crippen molar-refractivity contribution in [3.05, 3.63) is 22.0 Å². The lowest BCUT2D eigenvalue weighted by molar-refractivity contribution is 0.0897. The van der Waals surface area contributed by atoms with Gasteiger partial charge in [-0.25, -0.2) is 4.98 Å². The minimum Gasteiger partial charge on any atom is -0.405 e. The Bertz CT molecular complexity index is 596. The number of hydrogen-bond acceptors (Lipinski definition) is 7. The molecular formula is C14H20N4O2S. The Kier molecular flexibility index (Phi) is 3.95. The van der Waals surface area contributed by atoms with Crippen LogP contribution < -0.4 is 5.32 Å². The molecule has 0 amide bonds. The first-order valence-electron chi connectivity index (χ1n) is 7.16. The van der Waals surface area contributed by atoms with Crippen LogP contribution in [0.2, 0.25) is 0 Å². The molecule has 1 N–H and O–H groups in total. The van der Waals surface area contributed by atoms with Gasteiger partial charge in [-0.15, -0.1) is 16.4 Å². The van der Waals surface area contributed by atoms with Crippen molar-refractivity contribution < 1.29 is 9.15 Å². The van der Waals surface area contributed by atoms with Gasteiger partial charge in [0.15, 0.2) is 0 Å². The first-order valence-corrected chi connectivity index (χ1v) is 7.98. The fourth-order valence-electron chi connectivity index (χ4n) is 2.11. The molecule has 21 heavy (non-hydrogen) atoms. The van der Waals surface area contributed by atoms with Gasteiger partial charge in [-0.05, 0) is 12.8 Å². The Balaban J connectivity index is 1.59. The molecule has 114 valence electrons. The SMILES string of the molecule is CC(C)(C)c1ncc(CNc2nnc(C3CCCO3)o2)s1. The van der Waals surface area contributed by atoms with Gasteiger partial charge in [0.2, 0.25) is 5.89 Å². The van der Waals surface area contributed by atoms with E-state index >= 15 is 0 Å². The molecule has 2 aromatic heterocycles. The largest absolute Gasteiger partial charge is 0.405 e. The second-order valence-corrected chi connectivity index (χ2v) is 7.30. The van der Waals surface area contributed by atoms with E-state index in [-0.39, 0.29) is 11.5 Å². The number of hydrogen-bond donors (Lipinski definition) is 1. The molecule has 0 saturated carbocycles. The van der Waals surface area contributed by atoms with Gasteiger partial charge < -0.3 is 14.5 Å². The second kappa shape index (κ2) is 5.73. The summed E-state index contributed by atoms with van der Waals surface area (Å²) in [5.74, 6) is 0.565. The normalized spacial score (nSPS) is 19.1. The summed E-state index contributed by atoms with van der Waals surface area (Å²) < 4.78 is 11.1. The van der Waals surface area contributed by atoms with E-state index in [9.17, 15) is 0 Å². The maximum absolute atomic E-state index is 5.59. The number of ether oxygens (including phenoxy) is 1. The van der Waals surface area contributed by atoms with Crippen LogP contribution >= 0.6 is 11.3 Å². The van der Waals surface area contributed by atoms with E-state index in [4.69, 9.17) is 9.15 Å². The number of nitrogens with one attached hydrogen (secondary N) is 1. The molecule has 0 bridgehead atoms. The van der Waals surface area contributed by atoms with Gasteiger partial charge in [-0.2, -0.15) is 0 Å². The highest BCUT2D eigenvalue weighted by Crippen LogP contribution is 2.29. The summed E-state index contributed by atoms with van der Waals surface area (Å²) in [6.07, 6.45) is 3.86. The van der Waals surface area contributed by atoms with Crippen LogP contribution in [0.3, 0.4) is 0 Å². The van der Waals surface area contributed by atoms with E-state index in [1.165, 1.54) is 0 Å². The Labute approximate surface area is 127 Å². The van der Waals surface area contributed by atoms with Crippen LogP contribution in [0.25, 0.3) is 0 Å². The van der Waals surface area contributed by atoms with Crippen LogP contribution in [-0.4, -0.2) is 21.8 Å². The summed E-state index contributed by atoms with van der Waals surface area (Å²) in [5.41, 5.74) is 0.0837. The van der Waals surface area contributed by atoms with Crippen LogP contribution in [0.15, 0.2) is 10.6 Å². The van der Waals surface area contributed by atoms with Crippen molar-refractivity contribution in [2.45, 2.75) is 51.7 Å². The molecule has 1 unspecified atom stereocenters. The van der Waals surface area contributed by atoms with Crippen molar-refractivity contribution in [1.82, 2.24) is 15.2 Å². The molecule has 7 heteroatoms. The lowest BCUT2D eigenvalue weighted by Crippen LogP contribution is -2.09. The summed E-state index contributed by atoms with van der Waals surface area (Å²) in [4.78, 5) is 5.61. The van der Waals surface area contributed by atoms with Crippen LogP contribution in [0.1, 0.15) is 55.5 Å². The lowest BCUT2D eigenvalue weighted by Gasteiger charge is -2.13. The van der Waals surface area contributed by atoms with E-state index in [2.05, 4.69) is 41.3 Å². The summed E-state index contributed by atoms with van der Waals surface area (Å²) in [7, 11) is 0. The van der Waals surface area contributed by atoms with Crippen molar-refractivity contribution in [2.24, 2.45) is 0 Å². The molecule has 0 aromatic carbocycles. The van der Waals surface area contributed by atoms with Crippen LogP contribution in [0.5, 0.6) is 0 Å². The van der Waals surface area contributed by atoms with Crippen LogP contribution in [0.4, 0.5) is 6.01 Å². The van der Waals surface area contributed by atoms with E-state index in [0.717, 1.165) is 29.3 Å². The number of nitrogens with zero attached hydrogens (tertiary/aromatic N) is 3. The first-order chi connectivity index (χ1) is 10.0. The van der Waals surface area contributed by atoms with Gasteiger partial charge in [0.1, 0.15) is 6.10 Å². The molecule has 3 heterocycles. The minimum absolute atomic E-state index is 0.0380. The molecule has 1 atom stereocenters. The molecule has 6 nitrogen and oxygen atoms in total. The second-order valence-electron chi connectivity index (χ2n) is 6.18. The number of rotatable bonds is 4. The number of thiazole rings is 1. The van der Waals surface area contributed by atoms with Crippen LogP contribution in [-0.2, 0) is 16.7 Å². The highest BCUT2D eigenvalue weighted by Gasteiger charge is 2.23. The topological polar surface area (TPSA) is 73.1 Å². The third kappa shape index (κ3) is 3.41. The van der Waals surface area contributed by atoms with E-state index in [1.54, 1.807) is 11.3 Å². The maximum atomic E-state index is 5.59. The van der Waals surface area contributed by atoms with E-state index < -0.39 is 0 Å². The minimum atomic E-state index is -0.0380. The molecular weight excluding hydrogens is 288 g/mol. The highest BCUT2D eigenvalue weighted by atomic mass is 32.1. The predicted molar refractivity (Wildman–Crippen MR) is 80.4 cm³/mol. The highest BCUT2D eigenvalue weighted by molar-refractivity contribution is 7.11. The Morgan fingerprint density at radius 2 is 2.24 bits per heavy atom. The van der Waals surface area contributed by atoms with Gasteiger partial charge in [0.25, 0.3) is 0 Å². The standard InChI is InChI=1S/C14H20N4O2S/c1-14(2,3)12-15-7-9(21-12)8-16-13-18-17-11(20-13)10-5-4-6-19-10/h7,10H,4-6,8H2,1-3H3,(H,16,18). The van der Waals surface area contributed by atoms with Crippen LogP contribution in [0, 0.1) is 0 Å². The van der Waals surface area contributed by atoms with Gasteiger partial charge in [-0.3, -0.25) is 0 Å². The van der Waals surface area contributed by atoms with E-state index in [1.807, 2.05) is 6.20 Å². The third-order valence-electron chi connectivity index (χ3n) is 3.25. The average Bonchev–Trinajstić information content (AvgIpc) is 3.16. The monoisotopic (exact) mass is 308 g/mol. The van der Waals surface area contributed by atoms with Crippen molar-refractivity contribution in [2.75, 3.05) is 11.9 Å². The zero-order valence-corrected chi connectivity index (χ0v) is 13.4. The molecule has 0 aliphatic carbocycles. The van der Waals surface area contributed by atoms with E-state index in [0.29, 0.717) is 18.5 Å². The smallest absolute Gasteiger partial charge is 0.315 e. The summed E-state index contributed by atoms with van der Waals surface area (Å²) >= 11 is 1.70. The fraction of sp³-hybridized carbons (Fsp3) is 0.643. The summed E-state index contributed by atoms with van der Waals surface area (Å²) in [6, 6.07) is 0.436. The molecule has 1 aliphatic rings. The van der Waals surface area contributed by atoms with Crippen molar-refractivity contribution >= 4 is 17.4 Å². The first kappa shape index (κ1) is 14.5. The zero-order valence-electron chi connectivity index (χ0n) is 12.5. The average molecular weight is 308 g/mol. The Morgan fingerprint density at radius 1 is 1.38 bits per heavy atom. The molecule has 3 rings (SSSR count). The number of aromatic nitrogens is 3. The molecule has 1 saturated heterocycles. The Hall–Kier alpha value is -1.47. The summed E-state index contributed by atoms with van der Waals surface area (Å²) in [5, 5.41) is 12.3. The fourth-order valence-corrected chi connectivity index (χ4v) is 3.02. The van der Waals surface area contributed by atoms with Crippen molar-refractivity contribution in [1.29, 1.82) is 0 Å². The molecule has 1 aliphatic heterocycles. The van der Waals surface area contributed by atoms with Gasteiger partial charge in [0, 0.05) is 23.1 Å². The third-order valence-corrected chi connectivity index (χ3v) is 4.68.